The summed E-state index contributed by atoms with van der Waals surface area (Å²) in [5.74, 6) is -0.436. The molecule has 2 aromatic rings. The Morgan fingerprint density at radius 3 is 2.07 bits per heavy atom. The van der Waals surface area contributed by atoms with Crippen LogP contribution in [-0.2, 0) is 4.79 Å². The summed E-state index contributed by atoms with van der Waals surface area (Å²) in [5.41, 5.74) is 6.58. The smallest absolute Gasteiger partial charge is 0.273 e. The first-order chi connectivity index (χ1) is 12.7. The maximum atomic E-state index is 12.5. The van der Waals surface area contributed by atoms with Gasteiger partial charge in [0.05, 0.1) is 5.56 Å². The minimum absolute atomic E-state index is 0.172. The van der Waals surface area contributed by atoms with Gasteiger partial charge in [-0.3, -0.25) is 25.2 Å². The third kappa shape index (κ3) is 5.20. The zero-order chi connectivity index (χ0) is 20.1. The summed E-state index contributed by atoms with van der Waals surface area (Å²) in [6.07, 6.45) is 0. The van der Waals surface area contributed by atoms with E-state index in [4.69, 9.17) is 4.42 Å². The highest BCUT2D eigenvalue weighted by Gasteiger charge is 2.25. The first kappa shape index (κ1) is 20.2. The van der Waals surface area contributed by atoms with Gasteiger partial charge in [-0.15, -0.1) is 0 Å². The van der Waals surface area contributed by atoms with Crippen LogP contribution in [0.5, 0.6) is 0 Å². The summed E-state index contributed by atoms with van der Waals surface area (Å²) in [4.78, 5) is 37.0. The van der Waals surface area contributed by atoms with E-state index >= 15 is 0 Å². The molecule has 0 aliphatic rings. The lowest BCUT2D eigenvalue weighted by Gasteiger charge is -2.22. The highest BCUT2D eigenvalue weighted by Crippen LogP contribution is 2.13. The molecule has 0 bridgehead atoms. The summed E-state index contributed by atoms with van der Waals surface area (Å²) >= 11 is 0. The van der Waals surface area contributed by atoms with E-state index in [0.717, 1.165) is 5.56 Å². The first-order valence-corrected chi connectivity index (χ1v) is 8.73. The Kier molecular flexibility index (Phi) is 6.39. The number of nitrogens with one attached hydrogen (secondary N) is 3. The normalized spacial score (nSPS) is 11.8. The van der Waals surface area contributed by atoms with Crippen LogP contribution in [-0.4, -0.2) is 23.8 Å². The molecule has 0 unspecified atom stereocenters. The van der Waals surface area contributed by atoms with Crippen LogP contribution in [0.3, 0.4) is 0 Å². The Morgan fingerprint density at radius 1 is 0.926 bits per heavy atom. The molecule has 3 N–H and O–H groups in total. The average molecular weight is 371 g/mol. The number of aryl methyl sites for hydroxylation is 3. The minimum atomic E-state index is -0.800. The monoisotopic (exact) mass is 371 g/mol. The van der Waals surface area contributed by atoms with E-state index in [9.17, 15) is 14.4 Å². The molecule has 7 heteroatoms. The van der Waals surface area contributed by atoms with Crippen LogP contribution < -0.4 is 16.2 Å². The number of amides is 3. The van der Waals surface area contributed by atoms with Crippen molar-refractivity contribution in [2.24, 2.45) is 5.92 Å². The number of carbonyl (C=O) groups is 3. The zero-order valence-corrected chi connectivity index (χ0v) is 16.2. The summed E-state index contributed by atoms with van der Waals surface area (Å²) in [7, 11) is 0. The number of carbonyl (C=O) groups excluding carboxylic acids is 3. The van der Waals surface area contributed by atoms with Gasteiger partial charge in [0.25, 0.3) is 17.7 Å². The largest absolute Gasteiger partial charge is 0.466 e. The van der Waals surface area contributed by atoms with E-state index < -0.39 is 17.9 Å². The summed E-state index contributed by atoms with van der Waals surface area (Å²) in [5, 5.41) is 2.71. The van der Waals surface area contributed by atoms with Gasteiger partial charge in [-0.25, -0.2) is 0 Å². The van der Waals surface area contributed by atoms with Gasteiger partial charge < -0.3 is 9.73 Å². The quantitative estimate of drug-likeness (QED) is 0.703. The number of benzene rings is 1. The minimum Gasteiger partial charge on any atom is -0.466 e. The van der Waals surface area contributed by atoms with Gasteiger partial charge in [0.1, 0.15) is 17.6 Å². The lowest BCUT2D eigenvalue weighted by atomic mass is 10.0. The van der Waals surface area contributed by atoms with Gasteiger partial charge in [-0.2, -0.15) is 0 Å². The van der Waals surface area contributed by atoms with Gasteiger partial charge in [0.15, 0.2) is 0 Å². The van der Waals surface area contributed by atoms with Crippen LogP contribution in [0.2, 0.25) is 0 Å². The molecule has 144 valence electrons. The molecule has 1 aromatic carbocycles. The Bertz CT molecular complexity index is 837. The fraction of sp³-hybridized carbons (Fsp3) is 0.350. The van der Waals surface area contributed by atoms with E-state index in [-0.39, 0.29) is 11.8 Å². The maximum absolute atomic E-state index is 12.5. The maximum Gasteiger partial charge on any atom is 0.273 e. The molecule has 2 rings (SSSR count). The van der Waals surface area contributed by atoms with E-state index in [0.29, 0.717) is 22.6 Å². The van der Waals surface area contributed by atoms with Crippen molar-refractivity contribution in [3.63, 3.8) is 0 Å². The standard InChI is InChI=1S/C20H25N3O4/c1-11(2)17(21-18(24)15-8-6-12(3)7-9-15)20(26)23-22-19(25)16-10-13(4)27-14(16)5/h6-11,17H,1-5H3,(H,21,24)(H,22,25)(H,23,26)/t17-/m0/s1. The number of hydrogen-bond donors (Lipinski definition) is 3. The highest BCUT2D eigenvalue weighted by atomic mass is 16.3. The fourth-order valence-electron chi connectivity index (χ4n) is 2.58. The van der Waals surface area contributed by atoms with Crippen molar-refractivity contribution < 1.29 is 18.8 Å². The van der Waals surface area contributed by atoms with Gasteiger partial charge >= 0.3 is 0 Å². The molecule has 0 spiro atoms. The van der Waals surface area contributed by atoms with Crippen LogP contribution in [0.4, 0.5) is 0 Å². The molecule has 27 heavy (non-hydrogen) atoms. The van der Waals surface area contributed by atoms with Gasteiger partial charge in [-0.05, 0) is 44.9 Å². The number of hydrazine groups is 1. The third-order valence-corrected chi connectivity index (χ3v) is 4.13. The Balaban J connectivity index is 2.00. The molecule has 3 amide bonds. The molecule has 1 aromatic heterocycles. The number of furan rings is 1. The topological polar surface area (TPSA) is 100 Å². The molecular formula is C20H25N3O4. The number of rotatable bonds is 5. The van der Waals surface area contributed by atoms with E-state index in [2.05, 4.69) is 16.2 Å². The molecule has 0 aliphatic heterocycles. The Labute approximate surface area is 158 Å². The summed E-state index contributed by atoms with van der Waals surface area (Å²) in [6.45, 7) is 8.95. The predicted octanol–water partition coefficient (Wildman–Crippen LogP) is 2.42. The van der Waals surface area contributed by atoms with Gasteiger partial charge in [0.2, 0.25) is 0 Å². The number of hydrogen-bond acceptors (Lipinski definition) is 4. The van der Waals surface area contributed by atoms with Crippen molar-refractivity contribution in [2.75, 3.05) is 0 Å². The van der Waals surface area contributed by atoms with Crippen LogP contribution in [0.1, 0.15) is 51.6 Å². The fourth-order valence-corrected chi connectivity index (χ4v) is 2.58. The Hall–Kier alpha value is -3.09. The van der Waals surface area contributed by atoms with E-state index in [1.54, 1.807) is 32.0 Å². The van der Waals surface area contributed by atoms with E-state index in [1.165, 1.54) is 0 Å². The van der Waals surface area contributed by atoms with Gasteiger partial charge in [0, 0.05) is 5.56 Å². The highest BCUT2D eigenvalue weighted by molar-refractivity contribution is 5.99. The van der Waals surface area contributed by atoms with Crippen LogP contribution >= 0.6 is 0 Å². The molecule has 0 saturated heterocycles. The van der Waals surface area contributed by atoms with Crippen molar-refractivity contribution in [3.8, 4) is 0 Å². The van der Waals surface area contributed by atoms with Crippen molar-refractivity contribution in [3.05, 3.63) is 58.5 Å². The third-order valence-electron chi connectivity index (χ3n) is 4.13. The van der Waals surface area contributed by atoms with E-state index in [1.807, 2.05) is 32.9 Å². The first-order valence-electron chi connectivity index (χ1n) is 8.73. The van der Waals surface area contributed by atoms with Crippen molar-refractivity contribution in [1.29, 1.82) is 0 Å². The molecule has 1 atom stereocenters. The summed E-state index contributed by atoms with van der Waals surface area (Å²) in [6, 6.07) is 7.85. The van der Waals surface area contributed by atoms with Gasteiger partial charge in [-0.1, -0.05) is 31.5 Å². The summed E-state index contributed by atoms with van der Waals surface area (Å²) < 4.78 is 5.31. The SMILES string of the molecule is Cc1ccc(C(=O)N[C@H](C(=O)NNC(=O)c2cc(C)oc2C)C(C)C)cc1. The second kappa shape index (κ2) is 8.53. The molecule has 0 radical (unpaired) electrons. The second-order valence-electron chi connectivity index (χ2n) is 6.83. The molecule has 1 heterocycles. The van der Waals surface area contributed by atoms with Crippen molar-refractivity contribution >= 4 is 17.7 Å². The van der Waals surface area contributed by atoms with Crippen molar-refractivity contribution in [1.82, 2.24) is 16.2 Å². The molecule has 7 nitrogen and oxygen atoms in total. The molecule has 0 aliphatic carbocycles. The lowest BCUT2D eigenvalue weighted by molar-refractivity contribution is -0.124. The van der Waals surface area contributed by atoms with Crippen molar-refractivity contribution in [2.45, 2.75) is 40.7 Å². The van der Waals surface area contributed by atoms with Crippen LogP contribution in [0.25, 0.3) is 0 Å². The average Bonchev–Trinajstić information content (AvgIpc) is 2.95. The van der Waals surface area contributed by atoms with Crippen LogP contribution in [0.15, 0.2) is 34.7 Å². The lowest BCUT2D eigenvalue weighted by Crippen LogP contribution is -2.54. The zero-order valence-electron chi connectivity index (χ0n) is 16.2. The molecule has 0 fully saturated rings. The van der Waals surface area contributed by atoms with Crippen LogP contribution in [0, 0.1) is 26.7 Å². The predicted molar refractivity (Wildman–Crippen MR) is 101 cm³/mol. The Morgan fingerprint density at radius 2 is 1.56 bits per heavy atom. The second-order valence-corrected chi connectivity index (χ2v) is 6.83. The molecule has 0 saturated carbocycles. The molecular weight excluding hydrogens is 346 g/mol.